The van der Waals surface area contributed by atoms with Gasteiger partial charge in [-0.25, -0.2) is 24.0 Å². The molecule has 0 heterocycles. The molecule has 70 heavy (non-hydrogen) atoms. The first-order valence-electron chi connectivity index (χ1n) is 23.2. The highest BCUT2D eigenvalue weighted by Gasteiger charge is 2.40. The minimum atomic E-state index is -1.59. The number of carbonyl (C=O) groups excluding carboxylic acids is 6. The van der Waals surface area contributed by atoms with Crippen LogP contribution in [0.1, 0.15) is 53.9 Å². The van der Waals surface area contributed by atoms with E-state index in [4.69, 9.17) is 47.4 Å². The van der Waals surface area contributed by atoms with Gasteiger partial charge in [0.25, 0.3) is 0 Å². The van der Waals surface area contributed by atoms with Gasteiger partial charge in [-0.15, -0.1) is 0 Å². The molecule has 3 N–H and O–H groups in total. The largest absolute Gasteiger partial charge is 0.465 e. The third kappa shape index (κ3) is 31.4. The van der Waals surface area contributed by atoms with Crippen LogP contribution in [0.15, 0.2) is 63.3 Å². The maximum atomic E-state index is 13.3. The van der Waals surface area contributed by atoms with Crippen LogP contribution in [-0.4, -0.2) is 210 Å². The van der Waals surface area contributed by atoms with Crippen molar-refractivity contribution in [1.29, 1.82) is 0 Å². The maximum absolute atomic E-state index is 13.3. The fraction of sp³-hybridized carbons (Fsp3) is 0.673. The van der Waals surface area contributed by atoms with Gasteiger partial charge in [0.05, 0.1) is 87.4 Å². The molecule has 0 aromatic rings. The molecule has 0 amide bonds. The second kappa shape index (κ2) is 37.9. The summed E-state index contributed by atoms with van der Waals surface area (Å²) >= 11 is 0. The molecule has 0 radical (unpaired) electrons. The summed E-state index contributed by atoms with van der Waals surface area (Å²) in [5.41, 5.74) is -3.15. The van der Waals surface area contributed by atoms with Crippen molar-refractivity contribution in [2.45, 2.75) is 84.4 Å². The summed E-state index contributed by atoms with van der Waals surface area (Å²) in [4.78, 5) is 78.1. The summed E-state index contributed by atoms with van der Waals surface area (Å²) in [6, 6.07) is 0. The van der Waals surface area contributed by atoms with Crippen LogP contribution >= 0.6 is 0 Å². The number of carbonyl (C=O) groups is 6. The molecule has 0 aromatic heterocycles. The zero-order valence-corrected chi connectivity index (χ0v) is 41.9. The van der Waals surface area contributed by atoms with Crippen LogP contribution in [-0.2, 0) is 76.1 Å². The van der Waals surface area contributed by atoms with Gasteiger partial charge in [-0.2, -0.15) is 0 Å². The van der Waals surface area contributed by atoms with Crippen molar-refractivity contribution in [1.82, 2.24) is 9.80 Å². The minimum Gasteiger partial charge on any atom is -0.465 e. The van der Waals surface area contributed by atoms with Crippen LogP contribution in [0.2, 0.25) is 0 Å². The molecule has 400 valence electrons. The quantitative estimate of drug-likeness (QED) is 0.0447. The van der Waals surface area contributed by atoms with Crippen LogP contribution in [0.3, 0.4) is 0 Å². The molecule has 5 atom stereocenters. The van der Waals surface area contributed by atoms with E-state index in [1.165, 1.54) is 0 Å². The van der Waals surface area contributed by atoms with Crippen LogP contribution < -0.4 is 0 Å². The van der Waals surface area contributed by atoms with Gasteiger partial charge in [0, 0.05) is 56.6 Å². The van der Waals surface area contributed by atoms with Crippen LogP contribution in [0.4, 0.5) is 0 Å². The predicted octanol–water partition coefficient (Wildman–Crippen LogP) is 1.91. The lowest BCUT2D eigenvalue weighted by atomic mass is 9.90. The van der Waals surface area contributed by atoms with E-state index in [9.17, 15) is 44.1 Å². The Morgan fingerprint density at radius 2 is 0.843 bits per heavy atom. The predicted molar refractivity (Wildman–Crippen MR) is 256 cm³/mol. The zero-order chi connectivity index (χ0) is 53.0. The van der Waals surface area contributed by atoms with E-state index in [0.29, 0.717) is 26.1 Å². The summed E-state index contributed by atoms with van der Waals surface area (Å²) in [7, 11) is 0. The summed E-state index contributed by atoms with van der Waals surface area (Å²) in [5.74, 6) is -5.01. The molecule has 5 unspecified atom stereocenters. The Kier molecular flexibility index (Phi) is 35.3. The summed E-state index contributed by atoms with van der Waals surface area (Å²) in [5, 5.41) is 31.0. The number of hydrogen-bond donors (Lipinski definition) is 3. The van der Waals surface area contributed by atoms with Crippen LogP contribution in [0.5, 0.6) is 0 Å². The topological polar surface area (TPSA) is 262 Å². The van der Waals surface area contributed by atoms with Gasteiger partial charge in [0.1, 0.15) is 39.6 Å². The molecule has 0 saturated heterocycles. The van der Waals surface area contributed by atoms with E-state index in [2.05, 4.69) is 32.9 Å². The fourth-order valence-electron chi connectivity index (χ4n) is 6.26. The average molecular weight is 1000 g/mol. The number of ether oxygens (including phenoxy) is 10. The molecule has 0 fully saturated rings. The Hall–Kier alpha value is -4.84. The lowest BCUT2D eigenvalue weighted by Crippen LogP contribution is -2.47. The third-order valence-electron chi connectivity index (χ3n) is 9.82. The molecule has 0 bridgehead atoms. The summed E-state index contributed by atoms with van der Waals surface area (Å²) in [6.07, 6.45) is 3.06. The normalized spacial score (nSPS) is 13.7. The standard InChI is InChI=1S/C49H80N2O19/c1-11-19-50(23-41(54)28-64-39(10)26-63-38(9)25-61-27-40(53)24-51(20-12-2)22-37(8)52)21-18-47(60)70-36-49(34-68-45(58)16-6,35-69-46(59)17-7)30-62-29-48(31-65-42(55)13-3,32-66-43(56)14-4)33-67-44(57)15-5/h13-17,37-41,52-54H,3-7,11-12,18-36H2,1-2,8-10H3. The van der Waals surface area contributed by atoms with E-state index >= 15 is 0 Å². The number of rotatable bonds is 44. The van der Waals surface area contributed by atoms with Crippen molar-refractivity contribution in [2.24, 2.45) is 10.8 Å². The van der Waals surface area contributed by atoms with Gasteiger partial charge < -0.3 is 67.6 Å². The monoisotopic (exact) mass is 1000 g/mol. The molecule has 0 rings (SSSR count). The van der Waals surface area contributed by atoms with Gasteiger partial charge >= 0.3 is 35.8 Å². The number of esters is 6. The molecule has 0 aliphatic rings. The third-order valence-corrected chi connectivity index (χ3v) is 9.82. The zero-order valence-electron chi connectivity index (χ0n) is 41.9. The molecular formula is C49H80N2O19. The Balaban J connectivity index is 5.77. The Morgan fingerprint density at radius 3 is 1.26 bits per heavy atom. The first-order valence-corrected chi connectivity index (χ1v) is 23.2. The highest BCUT2D eigenvalue weighted by Crippen LogP contribution is 2.26. The second-order valence-electron chi connectivity index (χ2n) is 17.0. The van der Waals surface area contributed by atoms with E-state index in [1.54, 1.807) is 13.8 Å². The van der Waals surface area contributed by atoms with Crippen molar-refractivity contribution in [2.75, 3.05) is 119 Å². The minimum absolute atomic E-state index is 0.0201. The highest BCUT2D eigenvalue weighted by molar-refractivity contribution is 5.83. The van der Waals surface area contributed by atoms with Gasteiger partial charge in [-0.3, -0.25) is 9.69 Å². The first kappa shape index (κ1) is 65.2. The van der Waals surface area contributed by atoms with Crippen LogP contribution in [0, 0.1) is 10.8 Å². The van der Waals surface area contributed by atoms with Gasteiger partial charge in [-0.1, -0.05) is 46.7 Å². The van der Waals surface area contributed by atoms with Crippen molar-refractivity contribution < 1.29 is 91.5 Å². The smallest absolute Gasteiger partial charge is 0.330 e. The highest BCUT2D eigenvalue weighted by atomic mass is 16.6. The van der Waals surface area contributed by atoms with Crippen molar-refractivity contribution in [3.05, 3.63) is 63.3 Å². The average Bonchev–Trinajstić information content (AvgIpc) is 3.33. The summed E-state index contributed by atoms with van der Waals surface area (Å²) in [6.45, 7) is 25.1. The lowest BCUT2D eigenvalue weighted by molar-refractivity contribution is -0.170. The molecule has 21 nitrogen and oxygen atoms in total. The molecule has 0 aliphatic carbocycles. The molecule has 0 spiro atoms. The SMILES string of the molecule is C=CC(=O)OCC(COCC(COC(=O)C=C)(COC(=O)C=C)COC(=O)CCN(CCC)CC(O)COC(C)COC(C)COCC(O)CN(CCC)CC(C)O)(COC(=O)C=C)COC(=O)C=C. The van der Waals surface area contributed by atoms with Gasteiger partial charge in [0.2, 0.25) is 0 Å². The molecule has 21 heteroatoms. The van der Waals surface area contributed by atoms with Crippen molar-refractivity contribution in [3.63, 3.8) is 0 Å². The Bertz CT molecular complexity index is 1520. The maximum Gasteiger partial charge on any atom is 0.330 e. The van der Waals surface area contributed by atoms with Gasteiger partial charge in [-0.05, 0) is 46.7 Å². The second-order valence-corrected chi connectivity index (χ2v) is 17.0. The van der Waals surface area contributed by atoms with Gasteiger partial charge in [0.15, 0.2) is 0 Å². The van der Waals surface area contributed by atoms with E-state index in [0.717, 1.165) is 43.3 Å². The Morgan fingerprint density at radius 1 is 0.471 bits per heavy atom. The van der Waals surface area contributed by atoms with Crippen molar-refractivity contribution >= 4 is 35.8 Å². The Labute approximate surface area is 413 Å². The first-order chi connectivity index (χ1) is 33.2. The fourth-order valence-corrected chi connectivity index (χ4v) is 6.26. The molecule has 0 aliphatic heterocycles. The number of hydrogen-bond acceptors (Lipinski definition) is 21. The van der Waals surface area contributed by atoms with E-state index in [1.807, 2.05) is 30.6 Å². The van der Waals surface area contributed by atoms with E-state index in [-0.39, 0.29) is 58.1 Å². The van der Waals surface area contributed by atoms with Crippen LogP contribution in [0.25, 0.3) is 0 Å². The number of nitrogens with zero attached hydrogens (tertiary/aromatic N) is 2. The lowest BCUT2D eigenvalue weighted by Gasteiger charge is -2.35. The molecule has 0 saturated carbocycles. The van der Waals surface area contributed by atoms with E-state index < -0.39 is 118 Å². The number of aliphatic hydroxyl groups excluding tert-OH is 3. The molecule has 0 aromatic carbocycles. The van der Waals surface area contributed by atoms with Crippen molar-refractivity contribution in [3.8, 4) is 0 Å². The molecular weight excluding hydrogens is 921 g/mol. The number of aliphatic hydroxyl groups is 3. The summed E-state index contributed by atoms with van der Waals surface area (Å²) < 4.78 is 55.5.